The standard InChI is InChI=1S/C15H12BrClN2O5S/c1-23-12-3-2-9(6-10(12)17)19-25(21,22)13-5-8(16)4-11-15(13)24-7-14(20)18-11/h2-6,19H,7H2,1H3,(H,18,20). The molecule has 2 aromatic carbocycles. The van der Waals surface area contributed by atoms with E-state index in [-0.39, 0.29) is 39.6 Å². The van der Waals surface area contributed by atoms with Gasteiger partial charge < -0.3 is 14.8 Å². The van der Waals surface area contributed by atoms with Gasteiger partial charge in [-0.05, 0) is 30.3 Å². The van der Waals surface area contributed by atoms with Crippen LogP contribution >= 0.6 is 27.5 Å². The smallest absolute Gasteiger partial charge is 0.265 e. The van der Waals surface area contributed by atoms with Gasteiger partial charge >= 0.3 is 0 Å². The maximum absolute atomic E-state index is 12.8. The molecule has 0 radical (unpaired) electrons. The van der Waals surface area contributed by atoms with Gasteiger partial charge in [0.2, 0.25) is 0 Å². The maximum Gasteiger partial charge on any atom is 0.265 e. The van der Waals surface area contributed by atoms with E-state index < -0.39 is 10.0 Å². The molecule has 0 saturated carbocycles. The second-order valence-corrected chi connectivity index (χ2v) is 8.05. The van der Waals surface area contributed by atoms with Gasteiger partial charge in [-0.25, -0.2) is 8.42 Å². The summed E-state index contributed by atoms with van der Waals surface area (Å²) in [6.07, 6.45) is 0. The fourth-order valence-electron chi connectivity index (χ4n) is 2.27. The number of benzene rings is 2. The summed E-state index contributed by atoms with van der Waals surface area (Å²) in [5, 5.41) is 2.84. The molecule has 0 atom stereocenters. The van der Waals surface area contributed by atoms with Crippen LogP contribution in [0.25, 0.3) is 0 Å². The predicted octanol–water partition coefficient (Wildman–Crippen LogP) is 3.24. The van der Waals surface area contributed by atoms with Crippen LogP contribution in [0.15, 0.2) is 39.7 Å². The minimum Gasteiger partial charge on any atom is -0.495 e. The fourth-order valence-corrected chi connectivity index (χ4v) is 4.38. The van der Waals surface area contributed by atoms with Gasteiger partial charge in [-0.3, -0.25) is 9.52 Å². The van der Waals surface area contributed by atoms with Crippen molar-refractivity contribution in [3.63, 3.8) is 0 Å². The normalized spacial score (nSPS) is 13.5. The molecule has 2 aromatic rings. The van der Waals surface area contributed by atoms with Gasteiger partial charge in [0, 0.05) is 4.47 Å². The summed E-state index contributed by atoms with van der Waals surface area (Å²) in [7, 11) is -2.52. The lowest BCUT2D eigenvalue weighted by molar-refractivity contribution is -0.118. The number of hydrogen-bond donors (Lipinski definition) is 2. The van der Waals surface area contributed by atoms with Gasteiger partial charge in [0.05, 0.1) is 23.5 Å². The molecular weight excluding hydrogens is 436 g/mol. The van der Waals surface area contributed by atoms with Crippen molar-refractivity contribution in [3.05, 3.63) is 39.8 Å². The third-order valence-corrected chi connectivity index (χ3v) is 5.47. The fraction of sp³-hybridized carbons (Fsp3) is 0.133. The molecule has 132 valence electrons. The van der Waals surface area contributed by atoms with E-state index in [0.29, 0.717) is 10.2 Å². The molecule has 0 aromatic heterocycles. The zero-order valence-corrected chi connectivity index (χ0v) is 16.0. The third kappa shape index (κ3) is 3.68. The average molecular weight is 448 g/mol. The lowest BCUT2D eigenvalue weighted by Gasteiger charge is -2.21. The number of carbonyl (C=O) groups is 1. The highest BCUT2D eigenvalue weighted by atomic mass is 79.9. The second kappa shape index (κ2) is 6.74. The third-order valence-electron chi connectivity index (χ3n) is 3.33. The molecule has 25 heavy (non-hydrogen) atoms. The Balaban J connectivity index is 2.01. The van der Waals surface area contributed by atoms with Crippen LogP contribution < -0.4 is 19.5 Å². The van der Waals surface area contributed by atoms with Crippen LogP contribution in [-0.4, -0.2) is 28.0 Å². The summed E-state index contributed by atoms with van der Waals surface area (Å²) in [5.41, 5.74) is 0.540. The van der Waals surface area contributed by atoms with E-state index >= 15 is 0 Å². The Bertz CT molecular complexity index is 965. The van der Waals surface area contributed by atoms with E-state index in [2.05, 4.69) is 26.0 Å². The van der Waals surface area contributed by atoms with Crippen molar-refractivity contribution in [2.45, 2.75) is 4.90 Å². The number of nitrogens with one attached hydrogen (secondary N) is 2. The van der Waals surface area contributed by atoms with Crippen LogP contribution in [0, 0.1) is 0 Å². The van der Waals surface area contributed by atoms with Crippen molar-refractivity contribution in [2.75, 3.05) is 23.8 Å². The minimum atomic E-state index is -3.99. The van der Waals surface area contributed by atoms with Gasteiger partial charge in [0.15, 0.2) is 12.4 Å². The molecule has 1 aliphatic rings. The van der Waals surface area contributed by atoms with Crippen LogP contribution in [-0.2, 0) is 14.8 Å². The summed E-state index contributed by atoms with van der Waals surface area (Å²) >= 11 is 9.25. The van der Waals surface area contributed by atoms with Gasteiger partial charge in [-0.2, -0.15) is 0 Å². The molecule has 0 bridgehead atoms. The molecule has 10 heteroatoms. The summed E-state index contributed by atoms with van der Waals surface area (Å²) < 4.78 is 38.8. The number of carbonyl (C=O) groups excluding carboxylic acids is 1. The summed E-state index contributed by atoms with van der Waals surface area (Å²) in [6.45, 7) is -0.258. The zero-order chi connectivity index (χ0) is 18.2. The highest BCUT2D eigenvalue weighted by molar-refractivity contribution is 9.10. The molecule has 2 N–H and O–H groups in total. The van der Waals surface area contributed by atoms with Crippen molar-refractivity contribution in [2.24, 2.45) is 0 Å². The number of halogens is 2. The Morgan fingerprint density at radius 1 is 1.32 bits per heavy atom. The number of fused-ring (bicyclic) bond motifs is 1. The number of anilines is 2. The van der Waals surface area contributed by atoms with Gasteiger partial charge in [0.1, 0.15) is 10.6 Å². The SMILES string of the molecule is COc1ccc(NS(=O)(=O)c2cc(Br)cc3c2OCC(=O)N3)cc1Cl. The number of ether oxygens (including phenoxy) is 2. The summed E-state index contributed by atoms with van der Waals surface area (Å²) in [6, 6.07) is 7.47. The monoisotopic (exact) mass is 446 g/mol. The van der Waals surface area contributed by atoms with Crippen molar-refractivity contribution in [1.82, 2.24) is 0 Å². The van der Waals surface area contributed by atoms with Crippen molar-refractivity contribution in [1.29, 1.82) is 0 Å². The minimum absolute atomic E-state index is 0.0786. The van der Waals surface area contributed by atoms with Crippen LogP contribution in [0.3, 0.4) is 0 Å². The van der Waals surface area contributed by atoms with Crippen molar-refractivity contribution in [3.8, 4) is 11.5 Å². The Kier molecular flexibility index (Phi) is 4.81. The summed E-state index contributed by atoms with van der Waals surface area (Å²) in [5.74, 6) is 0.147. The number of methoxy groups -OCH3 is 1. The highest BCUT2D eigenvalue weighted by Crippen LogP contribution is 2.38. The van der Waals surface area contributed by atoms with E-state index in [0.717, 1.165) is 0 Å². The van der Waals surface area contributed by atoms with Crippen LogP contribution in [0.4, 0.5) is 11.4 Å². The van der Waals surface area contributed by atoms with Crippen LogP contribution in [0.5, 0.6) is 11.5 Å². The molecule has 1 aliphatic heterocycles. The molecular formula is C15H12BrClN2O5S. The first-order valence-electron chi connectivity index (χ1n) is 6.93. The molecule has 3 rings (SSSR count). The average Bonchev–Trinajstić information content (AvgIpc) is 2.53. The number of hydrogen-bond acceptors (Lipinski definition) is 5. The number of rotatable bonds is 4. The van der Waals surface area contributed by atoms with Crippen LogP contribution in [0.1, 0.15) is 0 Å². The highest BCUT2D eigenvalue weighted by Gasteiger charge is 2.27. The molecule has 0 unspecified atom stereocenters. The van der Waals surface area contributed by atoms with Gasteiger partial charge in [-0.1, -0.05) is 27.5 Å². The summed E-state index contributed by atoms with van der Waals surface area (Å²) in [4.78, 5) is 11.3. The van der Waals surface area contributed by atoms with Crippen molar-refractivity contribution < 1.29 is 22.7 Å². The lowest BCUT2D eigenvalue weighted by Crippen LogP contribution is -2.27. The first-order chi connectivity index (χ1) is 11.8. The largest absolute Gasteiger partial charge is 0.495 e. The predicted molar refractivity (Wildman–Crippen MR) is 97.1 cm³/mol. The van der Waals surface area contributed by atoms with Gasteiger partial charge in [-0.15, -0.1) is 0 Å². The quantitative estimate of drug-likeness (QED) is 0.750. The van der Waals surface area contributed by atoms with Crippen LogP contribution in [0.2, 0.25) is 5.02 Å². The first kappa shape index (κ1) is 17.8. The Morgan fingerprint density at radius 2 is 2.08 bits per heavy atom. The molecule has 0 saturated heterocycles. The Hall–Kier alpha value is -1.97. The van der Waals surface area contributed by atoms with Gasteiger partial charge in [0.25, 0.3) is 15.9 Å². The molecule has 1 heterocycles. The number of amides is 1. The Labute approximate surface area is 157 Å². The van der Waals surface area contributed by atoms with Crippen molar-refractivity contribution >= 4 is 54.8 Å². The topological polar surface area (TPSA) is 93.7 Å². The number of sulfonamides is 1. The van der Waals surface area contributed by atoms with E-state index in [9.17, 15) is 13.2 Å². The lowest BCUT2D eigenvalue weighted by atomic mass is 10.2. The molecule has 0 spiro atoms. The zero-order valence-electron chi connectivity index (χ0n) is 12.8. The molecule has 7 nitrogen and oxygen atoms in total. The molecule has 0 fully saturated rings. The second-order valence-electron chi connectivity index (χ2n) is 5.07. The first-order valence-corrected chi connectivity index (χ1v) is 9.58. The van der Waals surface area contributed by atoms with E-state index in [1.165, 1.54) is 25.3 Å². The van der Waals surface area contributed by atoms with E-state index in [1.54, 1.807) is 12.1 Å². The maximum atomic E-state index is 12.8. The molecule has 1 amide bonds. The van der Waals surface area contributed by atoms with E-state index in [4.69, 9.17) is 21.1 Å². The molecule has 0 aliphatic carbocycles. The Morgan fingerprint density at radius 3 is 2.76 bits per heavy atom. The van der Waals surface area contributed by atoms with E-state index in [1.807, 2.05) is 0 Å².